The molecule has 0 aliphatic carbocycles. The molecule has 4 heteroatoms. The molecule has 0 bridgehead atoms. The highest BCUT2D eigenvalue weighted by Gasteiger charge is 2.31. The quantitative estimate of drug-likeness (QED) is 0.798. The summed E-state index contributed by atoms with van der Waals surface area (Å²) in [7, 11) is 1.65. The van der Waals surface area contributed by atoms with Gasteiger partial charge in [0.05, 0.1) is 6.42 Å². The lowest BCUT2D eigenvalue weighted by Crippen LogP contribution is -2.35. The maximum Gasteiger partial charge on any atom is 0.265 e. The zero-order chi connectivity index (χ0) is 17.6. The minimum absolute atomic E-state index is 0.147. The number of carbonyl (C=O) groups is 1. The van der Waals surface area contributed by atoms with Gasteiger partial charge in [-0.2, -0.15) is 0 Å². The molecule has 0 saturated carbocycles. The van der Waals surface area contributed by atoms with E-state index >= 15 is 0 Å². The monoisotopic (exact) mass is 315 g/mol. The number of ether oxygens (including phenoxy) is 1. The van der Waals surface area contributed by atoms with Gasteiger partial charge in [0.15, 0.2) is 5.78 Å². The lowest BCUT2D eigenvalue weighted by Gasteiger charge is -2.26. The Hall–Kier alpha value is -2.36. The number of aromatic nitrogens is 1. The van der Waals surface area contributed by atoms with Crippen molar-refractivity contribution in [2.75, 3.05) is 0 Å². The lowest BCUT2D eigenvalue weighted by molar-refractivity contribution is 0.0883. The standard InChI is InChI=1S/C17H19NO3.C2H6/c1-5-7-8-12(6-2)14-10-13(19)16-15(21-14)9-11(3)18(4)17(16)20;1-2/h5-9,14H,2,10H2,1,3-4H3;1-2H3/b7-5-,12-8+;. The van der Waals surface area contributed by atoms with E-state index in [2.05, 4.69) is 6.58 Å². The van der Waals surface area contributed by atoms with Crippen molar-refractivity contribution in [1.29, 1.82) is 0 Å². The molecular weight excluding hydrogens is 290 g/mol. The van der Waals surface area contributed by atoms with Gasteiger partial charge in [-0.3, -0.25) is 9.59 Å². The summed E-state index contributed by atoms with van der Waals surface area (Å²) in [5.74, 6) is 0.181. The Morgan fingerprint density at radius 2 is 2.04 bits per heavy atom. The van der Waals surface area contributed by atoms with Crippen LogP contribution in [0.4, 0.5) is 0 Å². The molecular formula is C19H25NO3. The van der Waals surface area contributed by atoms with Crippen LogP contribution in [0.2, 0.25) is 0 Å². The summed E-state index contributed by atoms with van der Waals surface area (Å²) >= 11 is 0. The predicted octanol–water partition coefficient (Wildman–Crippen LogP) is 3.74. The number of ketones is 1. The Bertz CT molecular complexity index is 708. The summed E-state index contributed by atoms with van der Waals surface area (Å²) in [6.45, 7) is 11.5. The number of Topliss-reactive ketones (excluding diaryl/α,β-unsaturated/α-hetero) is 1. The van der Waals surface area contributed by atoms with Crippen molar-refractivity contribution in [3.05, 3.63) is 64.1 Å². The molecule has 0 saturated heterocycles. The Labute approximate surface area is 137 Å². The molecule has 1 unspecified atom stereocenters. The third-order valence-electron chi connectivity index (χ3n) is 3.64. The number of nitrogens with zero attached hydrogens (tertiary/aromatic N) is 1. The van der Waals surface area contributed by atoms with E-state index in [0.29, 0.717) is 5.75 Å². The number of carbonyl (C=O) groups excluding carboxylic acids is 1. The first kappa shape index (κ1) is 18.7. The van der Waals surface area contributed by atoms with Gasteiger partial charge in [-0.25, -0.2) is 0 Å². The van der Waals surface area contributed by atoms with E-state index in [1.54, 1.807) is 19.2 Å². The fraction of sp³-hybridized carbons (Fsp3) is 0.368. The van der Waals surface area contributed by atoms with Crippen LogP contribution >= 0.6 is 0 Å². The Morgan fingerprint density at radius 3 is 2.61 bits per heavy atom. The molecule has 124 valence electrons. The third-order valence-corrected chi connectivity index (χ3v) is 3.64. The number of aryl methyl sites for hydroxylation is 1. The molecule has 0 amide bonds. The Morgan fingerprint density at radius 1 is 1.39 bits per heavy atom. The van der Waals surface area contributed by atoms with Gasteiger partial charge in [-0.15, -0.1) is 0 Å². The van der Waals surface area contributed by atoms with Gasteiger partial charge in [0.2, 0.25) is 0 Å². The van der Waals surface area contributed by atoms with Crippen molar-refractivity contribution < 1.29 is 9.53 Å². The highest BCUT2D eigenvalue weighted by atomic mass is 16.5. The van der Waals surface area contributed by atoms with Crippen molar-refractivity contribution in [3.63, 3.8) is 0 Å². The first-order valence-corrected chi connectivity index (χ1v) is 7.85. The molecule has 1 aliphatic heterocycles. The van der Waals surface area contributed by atoms with E-state index < -0.39 is 6.10 Å². The van der Waals surface area contributed by atoms with E-state index in [4.69, 9.17) is 4.74 Å². The molecule has 2 rings (SSSR count). The molecule has 0 fully saturated rings. The summed E-state index contributed by atoms with van der Waals surface area (Å²) in [5, 5.41) is 0. The van der Waals surface area contributed by atoms with Crippen LogP contribution in [0.1, 0.15) is 43.2 Å². The molecule has 0 spiro atoms. The average molecular weight is 315 g/mol. The van der Waals surface area contributed by atoms with E-state index in [9.17, 15) is 9.59 Å². The van der Waals surface area contributed by atoms with Crippen LogP contribution in [0.5, 0.6) is 5.75 Å². The van der Waals surface area contributed by atoms with Crippen molar-refractivity contribution in [3.8, 4) is 5.75 Å². The number of hydrogen-bond donors (Lipinski definition) is 0. The molecule has 2 heterocycles. The van der Waals surface area contributed by atoms with Gasteiger partial charge in [0, 0.05) is 18.8 Å². The van der Waals surface area contributed by atoms with E-state index in [-0.39, 0.29) is 23.3 Å². The van der Waals surface area contributed by atoms with Gasteiger partial charge in [-0.05, 0) is 19.4 Å². The van der Waals surface area contributed by atoms with Crippen LogP contribution in [0.25, 0.3) is 0 Å². The summed E-state index contributed by atoms with van der Waals surface area (Å²) < 4.78 is 7.32. The minimum atomic E-state index is -0.398. The van der Waals surface area contributed by atoms with Crippen LogP contribution in [0.3, 0.4) is 0 Å². The van der Waals surface area contributed by atoms with E-state index in [1.807, 2.05) is 45.9 Å². The van der Waals surface area contributed by atoms with Crippen molar-refractivity contribution >= 4 is 5.78 Å². The highest BCUT2D eigenvalue weighted by molar-refractivity contribution is 6.00. The van der Waals surface area contributed by atoms with Gasteiger partial charge in [-0.1, -0.05) is 44.7 Å². The van der Waals surface area contributed by atoms with Gasteiger partial charge in [0.1, 0.15) is 17.4 Å². The zero-order valence-corrected chi connectivity index (χ0v) is 14.6. The molecule has 0 aromatic carbocycles. The maximum absolute atomic E-state index is 12.3. The topological polar surface area (TPSA) is 48.3 Å². The molecule has 23 heavy (non-hydrogen) atoms. The van der Waals surface area contributed by atoms with Gasteiger partial charge < -0.3 is 9.30 Å². The van der Waals surface area contributed by atoms with Crippen LogP contribution in [0.15, 0.2) is 47.3 Å². The van der Waals surface area contributed by atoms with Crippen LogP contribution in [0, 0.1) is 6.92 Å². The molecule has 0 N–H and O–H groups in total. The largest absolute Gasteiger partial charge is 0.484 e. The van der Waals surface area contributed by atoms with E-state index in [0.717, 1.165) is 11.3 Å². The molecule has 4 nitrogen and oxygen atoms in total. The zero-order valence-electron chi connectivity index (χ0n) is 14.6. The average Bonchev–Trinajstić information content (AvgIpc) is 2.55. The van der Waals surface area contributed by atoms with Crippen molar-refractivity contribution in [2.24, 2.45) is 7.05 Å². The summed E-state index contributed by atoms with van der Waals surface area (Å²) in [4.78, 5) is 24.5. The van der Waals surface area contributed by atoms with E-state index in [1.165, 1.54) is 4.57 Å². The summed E-state index contributed by atoms with van der Waals surface area (Å²) in [6, 6.07) is 1.73. The number of allylic oxidation sites excluding steroid dienone is 3. The lowest BCUT2D eigenvalue weighted by atomic mass is 9.96. The second-order valence-electron chi connectivity index (χ2n) is 5.02. The number of fused-ring (bicyclic) bond motifs is 1. The summed E-state index contributed by atoms with van der Waals surface area (Å²) in [5.41, 5.74) is 1.43. The first-order valence-electron chi connectivity index (χ1n) is 7.85. The number of pyridine rings is 1. The summed E-state index contributed by atoms with van der Waals surface area (Å²) in [6.07, 6.45) is 7.06. The van der Waals surface area contributed by atoms with Gasteiger partial charge >= 0.3 is 0 Å². The van der Waals surface area contributed by atoms with Crippen LogP contribution in [-0.4, -0.2) is 16.5 Å². The highest BCUT2D eigenvalue weighted by Crippen LogP contribution is 2.29. The smallest absolute Gasteiger partial charge is 0.265 e. The Balaban J connectivity index is 0.00000127. The Kier molecular flexibility index (Phi) is 6.76. The molecule has 0 radical (unpaired) electrons. The molecule has 1 aromatic rings. The minimum Gasteiger partial charge on any atom is -0.484 e. The fourth-order valence-corrected chi connectivity index (χ4v) is 2.31. The van der Waals surface area contributed by atoms with Crippen molar-refractivity contribution in [2.45, 2.75) is 40.2 Å². The third kappa shape index (κ3) is 3.89. The number of rotatable bonds is 3. The second-order valence-corrected chi connectivity index (χ2v) is 5.02. The fourth-order valence-electron chi connectivity index (χ4n) is 2.31. The van der Waals surface area contributed by atoms with Gasteiger partial charge in [0.25, 0.3) is 5.56 Å². The SMILES string of the molecule is C=C/C(=C\C=C/C)C1CC(=O)c2c(cc(C)n(C)c2=O)O1.CC. The van der Waals surface area contributed by atoms with Crippen LogP contribution < -0.4 is 10.3 Å². The maximum atomic E-state index is 12.3. The second kappa shape index (κ2) is 8.32. The first-order chi connectivity index (χ1) is 11.0. The van der Waals surface area contributed by atoms with Crippen LogP contribution in [-0.2, 0) is 7.05 Å². The van der Waals surface area contributed by atoms with Crippen molar-refractivity contribution in [1.82, 2.24) is 4.57 Å². The molecule has 1 atom stereocenters. The molecule has 1 aliphatic rings. The molecule has 1 aromatic heterocycles. The number of hydrogen-bond acceptors (Lipinski definition) is 3. The normalized spacial score (nSPS) is 17.2. The predicted molar refractivity (Wildman–Crippen MR) is 94.2 cm³/mol.